The predicted molar refractivity (Wildman–Crippen MR) is 140 cm³/mol. The van der Waals surface area contributed by atoms with Crippen molar-refractivity contribution >= 4 is 40.3 Å². The highest BCUT2D eigenvalue weighted by atomic mass is 35.5. The molecule has 3 aromatic rings. The van der Waals surface area contributed by atoms with Gasteiger partial charge in [-0.2, -0.15) is 0 Å². The van der Waals surface area contributed by atoms with E-state index in [1.807, 2.05) is 42.5 Å². The molecular formula is C27H29ClN2O3S. The highest BCUT2D eigenvalue weighted by Crippen LogP contribution is 2.42. The Balaban J connectivity index is 1.57. The lowest BCUT2D eigenvalue weighted by molar-refractivity contribution is -0.119. The van der Waals surface area contributed by atoms with Gasteiger partial charge in [0.1, 0.15) is 5.75 Å². The van der Waals surface area contributed by atoms with Crippen molar-refractivity contribution in [3.8, 4) is 16.2 Å². The van der Waals surface area contributed by atoms with Gasteiger partial charge in [-0.25, -0.2) is 0 Å². The number of rotatable bonds is 8. The van der Waals surface area contributed by atoms with Gasteiger partial charge in [-0.3, -0.25) is 14.5 Å². The van der Waals surface area contributed by atoms with Crippen molar-refractivity contribution in [3.05, 3.63) is 69.6 Å². The first kappa shape index (κ1) is 24.5. The summed E-state index contributed by atoms with van der Waals surface area (Å²) in [6.45, 7) is 6.85. The van der Waals surface area contributed by atoms with E-state index in [0.29, 0.717) is 35.2 Å². The number of nitrogens with zero attached hydrogens (tertiary/aromatic N) is 2. The summed E-state index contributed by atoms with van der Waals surface area (Å²) in [7, 11) is 1.74. The molecule has 1 aromatic heterocycles. The number of para-hydroxylation sites is 1. The topological polar surface area (TPSA) is 49.9 Å². The molecule has 0 N–H and O–H groups in total. The Bertz CT molecular complexity index is 1200. The Hall–Kier alpha value is -2.67. The number of thiophene rings is 1. The maximum Gasteiger partial charge on any atom is 0.268 e. The van der Waals surface area contributed by atoms with E-state index in [2.05, 4.69) is 18.7 Å². The number of carbonyl (C=O) groups is 2. The van der Waals surface area contributed by atoms with Gasteiger partial charge in [0, 0.05) is 30.3 Å². The first-order valence-corrected chi connectivity index (χ1v) is 12.8. The van der Waals surface area contributed by atoms with Gasteiger partial charge in [0.05, 0.1) is 28.7 Å². The average molecular weight is 497 g/mol. The molecule has 7 heteroatoms. The van der Waals surface area contributed by atoms with Crippen LogP contribution in [0.25, 0.3) is 10.4 Å². The number of halogens is 1. The second-order valence-corrected chi connectivity index (χ2v) is 9.85. The fourth-order valence-corrected chi connectivity index (χ4v) is 5.66. The molecule has 0 aliphatic carbocycles. The summed E-state index contributed by atoms with van der Waals surface area (Å²) in [5, 5.41) is 0.540. The van der Waals surface area contributed by atoms with Crippen molar-refractivity contribution in [1.82, 2.24) is 4.90 Å². The van der Waals surface area contributed by atoms with Crippen LogP contribution in [0.4, 0.5) is 5.69 Å². The maximum absolute atomic E-state index is 13.2. The summed E-state index contributed by atoms with van der Waals surface area (Å²) in [4.78, 5) is 31.2. The minimum Gasteiger partial charge on any atom is -0.493 e. The van der Waals surface area contributed by atoms with E-state index in [0.717, 1.165) is 46.8 Å². The predicted octanol–water partition coefficient (Wildman–Crippen LogP) is 5.73. The third-order valence-electron chi connectivity index (χ3n) is 6.15. The first-order valence-electron chi connectivity index (χ1n) is 11.6. The monoisotopic (exact) mass is 496 g/mol. The Morgan fingerprint density at radius 1 is 1.09 bits per heavy atom. The lowest BCUT2D eigenvalue weighted by atomic mass is 10.0. The van der Waals surface area contributed by atoms with Crippen LogP contribution in [0.3, 0.4) is 0 Å². The van der Waals surface area contributed by atoms with Crippen LogP contribution in [0.1, 0.15) is 34.6 Å². The highest BCUT2D eigenvalue weighted by molar-refractivity contribution is 7.17. The van der Waals surface area contributed by atoms with E-state index in [4.69, 9.17) is 16.3 Å². The summed E-state index contributed by atoms with van der Waals surface area (Å²) < 4.78 is 6.04. The molecule has 0 bridgehead atoms. The third-order valence-corrected chi connectivity index (χ3v) is 7.67. The van der Waals surface area contributed by atoms with Crippen molar-refractivity contribution in [3.63, 3.8) is 0 Å². The first-order chi connectivity index (χ1) is 16.4. The molecule has 0 fully saturated rings. The minimum absolute atomic E-state index is 0.0905. The molecule has 2 aromatic carbocycles. The van der Waals surface area contributed by atoms with Gasteiger partial charge in [0.2, 0.25) is 0 Å². The summed E-state index contributed by atoms with van der Waals surface area (Å²) in [5.41, 5.74) is 3.70. The number of carbonyl (C=O) groups excluding carboxylic acids is 2. The SMILES string of the molecule is CCN(CC)CC(=O)Cc1ccc2c(c1)OCCc1cc(C(=O)N(C)c3ccccc3Cl)sc1-2. The fraction of sp³-hybridized carbons (Fsp3) is 0.333. The average Bonchev–Trinajstić information content (AvgIpc) is 3.18. The van der Waals surface area contributed by atoms with Gasteiger partial charge in [-0.15, -0.1) is 11.3 Å². The molecule has 178 valence electrons. The Kier molecular flexibility index (Phi) is 7.71. The molecule has 0 unspecified atom stereocenters. The van der Waals surface area contributed by atoms with E-state index in [1.165, 1.54) is 11.3 Å². The van der Waals surface area contributed by atoms with Crippen LogP contribution in [0.2, 0.25) is 5.02 Å². The quantitative estimate of drug-likeness (QED) is 0.399. The van der Waals surface area contributed by atoms with Crippen molar-refractivity contribution in [2.45, 2.75) is 26.7 Å². The van der Waals surface area contributed by atoms with Crippen LogP contribution in [-0.4, -0.2) is 49.9 Å². The van der Waals surface area contributed by atoms with Gasteiger partial charge in [0.25, 0.3) is 5.91 Å². The summed E-state index contributed by atoms with van der Waals surface area (Å²) >= 11 is 7.78. The van der Waals surface area contributed by atoms with E-state index in [-0.39, 0.29) is 11.7 Å². The molecule has 4 rings (SSSR count). The number of likely N-dealkylation sites (N-methyl/N-ethyl adjacent to an activating group) is 1. The van der Waals surface area contributed by atoms with Crippen molar-refractivity contribution < 1.29 is 14.3 Å². The van der Waals surface area contributed by atoms with Gasteiger partial charge < -0.3 is 9.64 Å². The van der Waals surface area contributed by atoms with E-state index < -0.39 is 0 Å². The minimum atomic E-state index is -0.0905. The largest absolute Gasteiger partial charge is 0.493 e. The van der Waals surface area contributed by atoms with Crippen LogP contribution in [0.15, 0.2) is 48.5 Å². The van der Waals surface area contributed by atoms with E-state index in [9.17, 15) is 9.59 Å². The number of amides is 1. The van der Waals surface area contributed by atoms with E-state index >= 15 is 0 Å². The molecule has 0 radical (unpaired) electrons. The van der Waals surface area contributed by atoms with Crippen LogP contribution >= 0.6 is 22.9 Å². The lowest BCUT2D eigenvalue weighted by Gasteiger charge is -2.17. The maximum atomic E-state index is 13.2. The zero-order chi connectivity index (χ0) is 24.2. The van der Waals surface area contributed by atoms with Crippen LogP contribution in [-0.2, 0) is 17.6 Å². The molecule has 5 nitrogen and oxygen atoms in total. The standard InChI is InChI=1S/C27H29ClN2O3S/c1-4-30(5-2)17-20(31)14-18-10-11-21-24(15-18)33-13-12-19-16-25(34-26(19)21)27(32)29(3)23-9-7-6-8-22(23)28/h6-11,15-16H,4-5,12-14,17H2,1-3H3. The smallest absolute Gasteiger partial charge is 0.268 e. The highest BCUT2D eigenvalue weighted by Gasteiger charge is 2.24. The van der Waals surface area contributed by atoms with Crippen molar-refractivity contribution in [2.75, 3.05) is 38.2 Å². The van der Waals surface area contributed by atoms with Gasteiger partial charge in [0.15, 0.2) is 5.78 Å². The molecule has 0 atom stereocenters. The molecule has 2 heterocycles. The number of hydrogen-bond acceptors (Lipinski definition) is 5. The number of anilines is 1. The molecule has 1 aliphatic rings. The van der Waals surface area contributed by atoms with Gasteiger partial charge in [-0.1, -0.05) is 43.6 Å². The third kappa shape index (κ3) is 5.19. The molecule has 0 saturated heterocycles. The molecule has 1 aliphatic heterocycles. The molecule has 34 heavy (non-hydrogen) atoms. The second-order valence-electron chi connectivity index (χ2n) is 8.39. The molecular weight excluding hydrogens is 468 g/mol. The number of benzene rings is 2. The van der Waals surface area contributed by atoms with Crippen molar-refractivity contribution in [1.29, 1.82) is 0 Å². The van der Waals surface area contributed by atoms with Gasteiger partial charge >= 0.3 is 0 Å². The molecule has 0 saturated carbocycles. The Morgan fingerprint density at radius 2 is 1.85 bits per heavy atom. The number of hydrogen-bond donors (Lipinski definition) is 0. The van der Waals surface area contributed by atoms with Gasteiger partial charge in [-0.05, 0) is 54.5 Å². The Labute approximate surface area is 209 Å². The summed E-state index contributed by atoms with van der Waals surface area (Å²) in [6.07, 6.45) is 1.11. The van der Waals surface area contributed by atoms with Crippen molar-refractivity contribution in [2.24, 2.45) is 0 Å². The number of ether oxygens (including phenoxy) is 1. The summed E-state index contributed by atoms with van der Waals surface area (Å²) in [5.74, 6) is 0.879. The number of ketones is 1. The number of fused-ring (bicyclic) bond motifs is 3. The molecule has 0 spiro atoms. The zero-order valence-electron chi connectivity index (χ0n) is 19.8. The molecule has 1 amide bonds. The normalized spacial score (nSPS) is 12.5. The Morgan fingerprint density at radius 3 is 2.59 bits per heavy atom. The zero-order valence-corrected chi connectivity index (χ0v) is 21.3. The fourth-order valence-electron chi connectivity index (χ4n) is 4.18. The van der Waals surface area contributed by atoms with Crippen LogP contribution in [0, 0.1) is 0 Å². The second kappa shape index (κ2) is 10.7. The number of Topliss-reactive ketones (excluding diaryl/α,β-unsaturated/α-hetero) is 1. The van der Waals surface area contributed by atoms with Crippen LogP contribution < -0.4 is 9.64 Å². The lowest BCUT2D eigenvalue weighted by Crippen LogP contribution is -2.30. The van der Waals surface area contributed by atoms with Crippen LogP contribution in [0.5, 0.6) is 5.75 Å². The van der Waals surface area contributed by atoms with E-state index in [1.54, 1.807) is 18.0 Å². The summed E-state index contributed by atoms with van der Waals surface area (Å²) in [6, 6.07) is 15.3.